The first-order valence-corrected chi connectivity index (χ1v) is 10.6. The molecule has 0 aliphatic carbocycles. The molecule has 3 aromatic rings. The molecular weight excluding hydrogens is 432 g/mol. The number of anilines is 1. The molecule has 1 fully saturated rings. The number of carbonyl (C=O) groups excluding carboxylic acids is 4. The maximum atomic E-state index is 12.8. The van der Waals surface area contributed by atoms with Crippen molar-refractivity contribution in [2.75, 3.05) is 5.32 Å². The predicted molar refractivity (Wildman–Crippen MR) is 118 cm³/mol. The summed E-state index contributed by atoms with van der Waals surface area (Å²) in [4.78, 5) is 53.8. The zero-order valence-corrected chi connectivity index (χ0v) is 17.9. The van der Waals surface area contributed by atoms with E-state index in [0.29, 0.717) is 34.0 Å². The van der Waals surface area contributed by atoms with Gasteiger partial charge in [0.1, 0.15) is 11.7 Å². The summed E-state index contributed by atoms with van der Waals surface area (Å²) in [5.41, 5.74) is 3.90. The molecule has 2 aliphatic heterocycles. The molecule has 2 aliphatic rings. The third-order valence-corrected chi connectivity index (χ3v) is 6.30. The topological polar surface area (TPSA) is 111 Å². The number of aromatic amines is 1. The fraction of sp³-hybridized carbons (Fsp3) is 0.217. The molecule has 1 saturated heterocycles. The van der Waals surface area contributed by atoms with Crippen molar-refractivity contribution in [3.63, 3.8) is 0 Å². The monoisotopic (exact) mass is 450 g/mol. The van der Waals surface area contributed by atoms with Gasteiger partial charge in [0.15, 0.2) is 0 Å². The number of hydrogen-bond acceptors (Lipinski definition) is 4. The molecule has 1 atom stereocenters. The maximum absolute atomic E-state index is 12.8. The fourth-order valence-corrected chi connectivity index (χ4v) is 4.51. The van der Waals surface area contributed by atoms with Gasteiger partial charge in [-0.2, -0.15) is 0 Å². The van der Waals surface area contributed by atoms with Crippen LogP contribution in [0.25, 0.3) is 10.9 Å². The van der Waals surface area contributed by atoms with Crippen molar-refractivity contribution in [3.8, 4) is 0 Å². The molecule has 0 saturated carbocycles. The number of halogens is 1. The van der Waals surface area contributed by atoms with E-state index in [1.165, 1.54) is 4.90 Å². The molecule has 0 spiro atoms. The van der Waals surface area contributed by atoms with Gasteiger partial charge >= 0.3 is 0 Å². The predicted octanol–water partition coefficient (Wildman–Crippen LogP) is 3.14. The third-order valence-electron chi connectivity index (χ3n) is 5.98. The SMILES string of the molecule is Cc1ccc(Cl)c2cc(C(=O)Nc3ccc4c(c3)CN(C3CCC(=O)NC3=O)C4=O)[nH]c12. The van der Waals surface area contributed by atoms with Gasteiger partial charge in [-0.3, -0.25) is 24.5 Å². The lowest BCUT2D eigenvalue weighted by Gasteiger charge is -2.29. The minimum absolute atomic E-state index is 0.200. The van der Waals surface area contributed by atoms with E-state index in [1.807, 2.05) is 13.0 Å². The summed E-state index contributed by atoms with van der Waals surface area (Å²) in [5.74, 6) is -1.37. The number of piperidine rings is 1. The molecule has 1 aromatic heterocycles. The van der Waals surface area contributed by atoms with Crippen LogP contribution in [0.15, 0.2) is 36.4 Å². The zero-order chi connectivity index (χ0) is 22.6. The molecule has 2 aromatic carbocycles. The quantitative estimate of drug-likeness (QED) is 0.532. The number of amides is 4. The number of H-pyrrole nitrogens is 1. The summed E-state index contributed by atoms with van der Waals surface area (Å²) in [6.07, 6.45) is 0.502. The third kappa shape index (κ3) is 3.33. The van der Waals surface area contributed by atoms with E-state index < -0.39 is 11.9 Å². The number of carbonyl (C=O) groups is 4. The second-order valence-electron chi connectivity index (χ2n) is 8.06. The molecule has 0 radical (unpaired) electrons. The minimum atomic E-state index is -0.676. The summed E-state index contributed by atoms with van der Waals surface area (Å²) in [7, 11) is 0. The van der Waals surface area contributed by atoms with E-state index in [2.05, 4.69) is 15.6 Å². The molecule has 9 heteroatoms. The van der Waals surface area contributed by atoms with Gasteiger partial charge < -0.3 is 15.2 Å². The Kier molecular flexibility index (Phi) is 4.74. The smallest absolute Gasteiger partial charge is 0.272 e. The Morgan fingerprint density at radius 1 is 1.16 bits per heavy atom. The summed E-state index contributed by atoms with van der Waals surface area (Å²) in [6, 6.07) is 9.74. The number of hydrogen-bond donors (Lipinski definition) is 3. The standard InChI is InChI=1S/C23H19ClN4O4/c1-11-2-5-16(24)15-9-17(26-20(11)15)21(30)25-13-3-4-14-12(8-13)10-28(23(14)32)18-6-7-19(29)27-22(18)31/h2-5,8-9,18,26H,6-7,10H2,1H3,(H,25,30)(H,27,29,31). The van der Waals surface area contributed by atoms with E-state index in [4.69, 9.17) is 11.6 Å². The van der Waals surface area contributed by atoms with Gasteiger partial charge in [-0.25, -0.2) is 0 Å². The Balaban J connectivity index is 1.36. The van der Waals surface area contributed by atoms with Crippen molar-refractivity contribution in [3.05, 3.63) is 63.8 Å². The Morgan fingerprint density at radius 3 is 2.72 bits per heavy atom. The summed E-state index contributed by atoms with van der Waals surface area (Å²) < 4.78 is 0. The van der Waals surface area contributed by atoms with Gasteiger partial charge in [-0.15, -0.1) is 0 Å². The van der Waals surface area contributed by atoms with Gasteiger partial charge in [0.05, 0.1) is 5.52 Å². The van der Waals surface area contributed by atoms with Crippen LogP contribution in [0.3, 0.4) is 0 Å². The van der Waals surface area contributed by atoms with Gasteiger partial charge in [-0.05, 0) is 54.8 Å². The molecule has 162 valence electrons. The van der Waals surface area contributed by atoms with Crippen LogP contribution < -0.4 is 10.6 Å². The van der Waals surface area contributed by atoms with Crippen LogP contribution >= 0.6 is 11.6 Å². The summed E-state index contributed by atoms with van der Waals surface area (Å²) in [5, 5.41) is 6.47. The van der Waals surface area contributed by atoms with Crippen molar-refractivity contribution in [2.24, 2.45) is 0 Å². The van der Waals surface area contributed by atoms with Crippen LogP contribution in [0.4, 0.5) is 5.69 Å². The number of aryl methyl sites for hydroxylation is 1. The van der Waals surface area contributed by atoms with Crippen LogP contribution in [-0.4, -0.2) is 39.6 Å². The van der Waals surface area contributed by atoms with Crippen LogP contribution in [-0.2, 0) is 16.1 Å². The fourth-order valence-electron chi connectivity index (χ4n) is 4.30. The maximum Gasteiger partial charge on any atom is 0.272 e. The second kappa shape index (κ2) is 7.49. The van der Waals surface area contributed by atoms with Crippen molar-refractivity contribution in [1.82, 2.24) is 15.2 Å². The highest BCUT2D eigenvalue weighted by atomic mass is 35.5. The molecule has 32 heavy (non-hydrogen) atoms. The number of benzene rings is 2. The second-order valence-corrected chi connectivity index (χ2v) is 8.47. The first-order chi connectivity index (χ1) is 15.3. The molecule has 8 nitrogen and oxygen atoms in total. The molecule has 3 heterocycles. The van der Waals surface area contributed by atoms with Crippen LogP contribution in [0.1, 0.15) is 44.8 Å². The summed E-state index contributed by atoms with van der Waals surface area (Å²) in [6.45, 7) is 2.17. The highest BCUT2D eigenvalue weighted by Gasteiger charge is 2.39. The van der Waals surface area contributed by atoms with Gasteiger partial charge in [-0.1, -0.05) is 17.7 Å². The number of nitrogens with zero attached hydrogens (tertiary/aromatic N) is 1. The van der Waals surface area contributed by atoms with Crippen molar-refractivity contribution >= 4 is 51.8 Å². The Labute approximate surface area is 187 Å². The number of imide groups is 1. The van der Waals surface area contributed by atoms with Crippen LogP contribution in [0.5, 0.6) is 0 Å². The van der Waals surface area contributed by atoms with Crippen molar-refractivity contribution < 1.29 is 19.2 Å². The van der Waals surface area contributed by atoms with E-state index in [1.54, 1.807) is 30.3 Å². The molecule has 1 unspecified atom stereocenters. The van der Waals surface area contributed by atoms with Crippen molar-refractivity contribution in [1.29, 1.82) is 0 Å². The van der Waals surface area contributed by atoms with E-state index in [-0.39, 0.29) is 30.7 Å². The van der Waals surface area contributed by atoms with E-state index in [0.717, 1.165) is 16.5 Å². The van der Waals surface area contributed by atoms with Gasteiger partial charge in [0.2, 0.25) is 11.8 Å². The average molecular weight is 451 g/mol. The highest BCUT2D eigenvalue weighted by Crippen LogP contribution is 2.30. The van der Waals surface area contributed by atoms with Crippen LogP contribution in [0, 0.1) is 6.92 Å². The Hall–Kier alpha value is -3.65. The number of fused-ring (bicyclic) bond motifs is 2. The first kappa shape index (κ1) is 20.3. The molecule has 3 N–H and O–H groups in total. The van der Waals surface area contributed by atoms with Crippen LogP contribution in [0.2, 0.25) is 5.02 Å². The Bertz CT molecular complexity index is 1290. The molecule has 5 rings (SSSR count). The lowest BCUT2D eigenvalue weighted by atomic mass is 10.0. The number of rotatable bonds is 3. The normalized spacial score (nSPS) is 18.1. The van der Waals surface area contributed by atoms with Crippen molar-refractivity contribution in [2.45, 2.75) is 32.4 Å². The lowest BCUT2D eigenvalue weighted by Crippen LogP contribution is -2.52. The molecule has 0 bridgehead atoms. The van der Waals surface area contributed by atoms with Gasteiger partial charge in [0, 0.05) is 34.6 Å². The lowest BCUT2D eigenvalue weighted by molar-refractivity contribution is -0.136. The molecular formula is C23H19ClN4O4. The van der Waals surface area contributed by atoms with E-state index in [9.17, 15) is 19.2 Å². The van der Waals surface area contributed by atoms with Gasteiger partial charge in [0.25, 0.3) is 11.8 Å². The molecule has 4 amide bonds. The zero-order valence-electron chi connectivity index (χ0n) is 17.1. The Morgan fingerprint density at radius 2 is 1.97 bits per heavy atom. The number of nitrogens with one attached hydrogen (secondary N) is 3. The minimum Gasteiger partial charge on any atom is -0.350 e. The number of aromatic nitrogens is 1. The highest BCUT2D eigenvalue weighted by molar-refractivity contribution is 6.35. The average Bonchev–Trinajstić information content (AvgIpc) is 3.34. The first-order valence-electron chi connectivity index (χ1n) is 10.2. The van der Waals surface area contributed by atoms with E-state index >= 15 is 0 Å². The largest absolute Gasteiger partial charge is 0.350 e. The summed E-state index contributed by atoms with van der Waals surface area (Å²) >= 11 is 6.25.